The first kappa shape index (κ1) is 16.4. The average Bonchev–Trinajstić information content (AvgIpc) is 2.34. The van der Waals surface area contributed by atoms with Gasteiger partial charge in [0, 0.05) is 26.2 Å². The Morgan fingerprint density at radius 1 is 1.05 bits per heavy atom. The van der Waals surface area contributed by atoms with Crippen molar-refractivity contribution < 1.29 is 4.79 Å². The molecule has 0 aromatic carbocycles. The highest BCUT2D eigenvalue weighted by Crippen LogP contribution is 2.19. The Labute approximate surface area is 118 Å². The van der Waals surface area contributed by atoms with Crippen molar-refractivity contribution in [1.29, 1.82) is 0 Å². The van der Waals surface area contributed by atoms with Crippen LogP contribution in [0.1, 0.15) is 27.7 Å². The second-order valence-corrected chi connectivity index (χ2v) is 6.47. The summed E-state index contributed by atoms with van der Waals surface area (Å²) in [5, 5.41) is 3.35. The number of carbonyl (C=O) groups excluding carboxylic acids is 1. The molecule has 0 atom stereocenters. The molecule has 0 aromatic heterocycles. The first-order chi connectivity index (χ1) is 8.91. The molecule has 4 heteroatoms. The van der Waals surface area contributed by atoms with Crippen LogP contribution in [0.5, 0.6) is 0 Å². The second-order valence-electron chi connectivity index (χ2n) is 6.47. The largest absolute Gasteiger partial charge is 0.339 e. The summed E-state index contributed by atoms with van der Waals surface area (Å²) in [5.41, 5.74) is 0. The third-order valence-electron chi connectivity index (χ3n) is 4.22. The predicted octanol–water partition coefficient (Wildman–Crippen LogP) is 1.28. The van der Waals surface area contributed by atoms with Gasteiger partial charge in [-0.05, 0) is 31.3 Å². The van der Waals surface area contributed by atoms with Crippen LogP contribution in [-0.2, 0) is 4.79 Å². The Balaban J connectivity index is 2.26. The molecule has 0 spiro atoms. The third kappa shape index (κ3) is 5.49. The zero-order valence-electron chi connectivity index (χ0n) is 13.3. The van der Waals surface area contributed by atoms with Crippen LogP contribution in [0.25, 0.3) is 0 Å². The van der Waals surface area contributed by atoms with E-state index in [0.29, 0.717) is 24.3 Å². The van der Waals surface area contributed by atoms with Gasteiger partial charge in [0.15, 0.2) is 0 Å². The van der Waals surface area contributed by atoms with Crippen LogP contribution in [0.4, 0.5) is 0 Å². The summed E-state index contributed by atoms with van der Waals surface area (Å²) in [5.74, 6) is 2.21. The summed E-state index contributed by atoms with van der Waals surface area (Å²) >= 11 is 0. The van der Waals surface area contributed by atoms with Crippen LogP contribution < -0.4 is 5.32 Å². The van der Waals surface area contributed by atoms with Crippen molar-refractivity contribution in [2.75, 3.05) is 46.3 Å². The Hall–Kier alpha value is -0.610. The monoisotopic (exact) mass is 269 g/mol. The molecular weight excluding hydrogens is 238 g/mol. The number of nitrogens with one attached hydrogen (secondary N) is 1. The summed E-state index contributed by atoms with van der Waals surface area (Å²) in [6, 6.07) is 0. The minimum absolute atomic E-state index is 0.249. The standard InChI is InChI=1S/C15H31N3O/c1-12(2)14(13(3)4)10-16-11-15(19)18-8-6-17(5)7-9-18/h12-14,16H,6-11H2,1-5H3. The van der Waals surface area contributed by atoms with Crippen LogP contribution >= 0.6 is 0 Å². The van der Waals surface area contributed by atoms with E-state index >= 15 is 0 Å². The molecule has 1 rings (SSSR count). The topological polar surface area (TPSA) is 35.6 Å². The van der Waals surface area contributed by atoms with E-state index in [1.54, 1.807) is 0 Å². The molecule has 0 bridgehead atoms. The number of amides is 1. The van der Waals surface area contributed by atoms with Gasteiger partial charge in [-0.3, -0.25) is 4.79 Å². The quantitative estimate of drug-likeness (QED) is 0.789. The second kappa shape index (κ2) is 7.85. The molecular formula is C15H31N3O. The minimum Gasteiger partial charge on any atom is -0.339 e. The highest BCUT2D eigenvalue weighted by Gasteiger charge is 2.20. The fourth-order valence-corrected chi connectivity index (χ4v) is 2.75. The van der Waals surface area contributed by atoms with Crippen molar-refractivity contribution in [3.63, 3.8) is 0 Å². The molecule has 1 amide bonds. The molecule has 1 heterocycles. The summed E-state index contributed by atoms with van der Waals surface area (Å²) in [6.07, 6.45) is 0. The van der Waals surface area contributed by atoms with E-state index in [-0.39, 0.29) is 5.91 Å². The maximum atomic E-state index is 12.1. The Kier molecular flexibility index (Phi) is 6.80. The number of nitrogens with zero attached hydrogens (tertiary/aromatic N) is 2. The molecule has 0 radical (unpaired) electrons. The number of piperazine rings is 1. The van der Waals surface area contributed by atoms with Gasteiger partial charge in [-0.2, -0.15) is 0 Å². The van der Waals surface area contributed by atoms with E-state index < -0.39 is 0 Å². The lowest BCUT2D eigenvalue weighted by molar-refractivity contribution is -0.131. The number of carbonyl (C=O) groups is 1. The van der Waals surface area contributed by atoms with E-state index in [2.05, 4.69) is 45.0 Å². The molecule has 0 aliphatic carbocycles. The lowest BCUT2D eigenvalue weighted by Gasteiger charge is -2.33. The molecule has 4 nitrogen and oxygen atoms in total. The normalized spacial score (nSPS) is 17.8. The minimum atomic E-state index is 0.249. The number of rotatable bonds is 6. The molecule has 19 heavy (non-hydrogen) atoms. The molecule has 0 aromatic rings. The number of hydrogen-bond donors (Lipinski definition) is 1. The van der Waals surface area contributed by atoms with Gasteiger partial charge < -0.3 is 15.1 Å². The van der Waals surface area contributed by atoms with Crippen LogP contribution in [0.2, 0.25) is 0 Å². The lowest BCUT2D eigenvalue weighted by atomic mass is 9.85. The molecule has 0 unspecified atom stereocenters. The molecule has 1 aliphatic rings. The molecule has 1 fully saturated rings. The van der Waals surface area contributed by atoms with E-state index in [1.807, 2.05) is 4.90 Å². The van der Waals surface area contributed by atoms with Gasteiger partial charge in [0.1, 0.15) is 0 Å². The molecule has 1 saturated heterocycles. The van der Waals surface area contributed by atoms with Crippen molar-refractivity contribution >= 4 is 5.91 Å². The lowest BCUT2D eigenvalue weighted by Crippen LogP contribution is -2.50. The van der Waals surface area contributed by atoms with Crippen molar-refractivity contribution in [2.45, 2.75) is 27.7 Å². The summed E-state index contributed by atoms with van der Waals surface area (Å²) in [6.45, 7) is 14.2. The zero-order valence-corrected chi connectivity index (χ0v) is 13.3. The van der Waals surface area contributed by atoms with E-state index in [9.17, 15) is 4.79 Å². The van der Waals surface area contributed by atoms with Crippen LogP contribution in [0, 0.1) is 17.8 Å². The van der Waals surface area contributed by atoms with E-state index in [0.717, 1.165) is 32.7 Å². The molecule has 1 aliphatic heterocycles. The third-order valence-corrected chi connectivity index (χ3v) is 4.22. The Morgan fingerprint density at radius 2 is 1.58 bits per heavy atom. The highest BCUT2D eigenvalue weighted by molar-refractivity contribution is 5.78. The van der Waals surface area contributed by atoms with Gasteiger partial charge in [0.2, 0.25) is 5.91 Å². The van der Waals surface area contributed by atoms with Gasteiger partial charge >= 0.3 is 0 Å². The molecule has 0 saturated carbocycles. The van der Waals surface area contributed by atoms with Gasteiger partial charge in [-0.1, -0.05) is 27.7 Å². The first-order valence-electron chi connectivity index (χ1n) is 7.58. The Bertz CT molecular complexity index is 263. The maximum Gasteiger partial charge on any atom is 0.236 e. The maximum absolute atomic E-state index is 12.1. The average molecular weight is 269 g/mol. The first-order valence-corrected chi connectivity index (χ1v) is 7.58. The fourth-order valence-electron chi connectivity index (χ4n) is 2.75. The van der Waals surface area contributed by atoms with E-state index in [1.165, 1.54) is 0 Å². The fraction of sp³-hybridized carbons (Fsp3) is 0.933. The van der Waals surface area contributed by atoms with Crippen molar-refractivity contribution in [3.05, 3.63) is 0 Å². The van der Waals surface area contributed by atoms with Crippen molar-refractivity contribution in [2.24, 2.45) is 17.8 Å². The SMILES string of the molecule is CC(C)C(CNCC(=O)N1CCN(C)CC1)C(C)C. The summed E-state index contributed by atoms with van der Waals surface area (Å²) in [4.78, 5) is 16.3. The zero-order chi connectivity index (χ0) is 14.4. The van der Waals surface area contributed by atoms with Gasteiger partial charge in [-0.25, -0.2) is 0 Å². The Morgan fingerprint density at radius 3 is 2.05 bits per heavy atom. The predicted molar refractivity (Wildman–Crippen MR) is 80.1 cm³/mol. The van der Waals surface area contributed by atoms with Crippen LogP contribution in [0.3, 0.4) is 0 Å². The summed E-state index contributed by atoms with van der Waals surface area (Å²) in [7, 11) is 2.11. The van der Waals surface area contributed by atoms with Crippen LogP contribution in [0.15, 0.2) is 0 Å². The van der Waals surface area contributed by atoms with Gasteiger partial charge in [-0.15, -0.1) is 0 Å². The number of hydrogen-bond acceptors (Lipinski definition) is 3. The molecule has 1 N–H and O–H groups in total. The van der Waals surface area contributed by atoms with E-state index in [4.69, 9.17) is 0 Å². The van der Waals surface area contributed by atoms with Crippen molar-refractivity contribution in [1.82, 2.24) is 15.1 Å². The molecule has 112 valence electrons. The van der Waals surface area contributed by atoms with Gasteiger partial charge in [0.25, 0.3) is 0 Å². The highest BCUT2D eigenvalue weighted by atomic mass is 16.2. The smallest absolute Gasteiger partial charge is 0.236 e. The van der Waals surface area contributed by atoms with Crippen molar-refractivity contribution in [3.8, 4) is 0 Å². The van der Waals surface area contributed by atoms with Crippen LogP contribution in [-0.4, -0.2) is 62.0 Å². The summed E-state index contributed by atoms with van der Waals surface area (Å²) < 4.78 is 0. The number of likely N-dealkylation sites (N-methyl/N-ethyl adjacent to an activating group) is 1. The van der Waals surface area contributed by atoms with Gasteiger partial charge in [0.05, 0.1) is 6.54 Å².